The smallest absolute Gasteiger partial charge is 0.275 e. The monoisotopic (exact) mass is 488 g/mol. The molecule has 0 spiro atoms. The number of hydrogen-bond donors (Lipinski definition) is 3. The van der Waals surface area contributed by atoms with E-state index < -0.39 is 11.7 Å². The van der Waals surface area contributed by atoms with Crippen molar-refractivity contribution in [1.29, 1.82) is 0 Å². The molecule has 0 saturated heterocycles. The number of nitrogens with zero attached hydrogens (tertiary/aromatic N) is 5. The second-order valence-corrected chi connectivity index (χ2v) is 8.80. The van der Waals surface area contributed by atoms with Crippen LogP contribution in [0.25, 0.3) is 11.3 Å². The van der Waals surface area contributed by atoms with Gasteiger partial charge in [-0.3, -0.25) is 14.7 Å². The van der Waals surface area contributed by atoms with Crippen molar-refractivity contribution in [1.82, 2.24) is 30.4 Å². The zero-order valence-corrected chi connectivity index (χ0v) is 19.9. The molecule has 11 heteroatoms. The molecule has 36 heavy (non-hydrogen) atoms. The van der Waals surface area contributed by atoms with Gasteiger partial charge in [-0.15, -0.1) is 0 Å². The molecule has 184 valence electrons. The molecule has 5 rings (SSSR count). The zero-order valence-electron chi connectivity index (χ0n) is 19.9. The summed E-state index contributed by atoms with van der Waals surface area (Å²) in [7, 11) is 1.86. The van der Waals surface area contributed by atoms with Gasteiger partial charge >= 0.3 is 0 Å². The third kappa shape index (κ3) is 4.99. The number of carbonyl (C=O) groups is 1. The maximum atomic E-state index is 14.5. The molecule has 1 aliphatic carbocycles. The molecule has 0 radical (unpaired) electrons. The molecule has 0 aliphatic heterocycles. The van der Waals surface area contributed by atoms with E-state index in [0.717, 1.165) is 30.8 Å². The predicted octanol–water partition coefficient (Wildman–Crippen LogP) is 3.27. The molecule has 1 aromatic carbocycles. The first-order chi connectivity index (χ1) is 17.4. The fourth-order valence-corrected chi connectivity index (χ4v) is 3.75. The number of aromatic nitrogens is 6. The van der Waals surface area contributed by atoms with Crippen LogP contribution >= 0.6 is 0 Å². The Labute approximate surface area is 206 Å². The molecule has 1 aliphatic rings. The Balaban J connectivity index is 1.35. The highest BCUT2D eigenvalue weighted by atomic mass is 19.1. The summed E-state index contributed by atoms with van der Waals surface area (Å²) in [4.78, 5) is 35.3. The van der Waals surface area contributed by atoms with E-state index in [1.165, 1.54) is 30.6 Å². The molecule has 3 aromatic heterocycles. The Morgan fingerprint density at radius 3 is 2.69 bits per heavy atom. The minimum absolute atomic E-state index is 0.0359. The summed E-state index contributed by atoms with van der Waals surface area (Å²) in [6.07, 6.45) is 5.48. The average Bonchev–Trinajstić information content (AvgIpc) is 3.64. The Hall–Kier alpha value is -4.41. The molecule has 0 atom stereocenters. The number of anilines is 2. The molecular weight excluding hydrogens is 463 g/mol. The van der Waals surface area contributed by atoms with Crippen molar-refractivity contribution in [3.05, 3.63) is 81.5 Å². The van der Waals surface area contributed by atoms with Crippen molar-refractivity contribution >= 4 is 17.4 Å². The van der Waals surface area contributed by atoms with Gasteiger partial charge in [0.25, 0.3) is 11.5 Å². The standard InChI is InChI=1S/C25H25FN8O2/c1-3-34(2)23-13-27-22(12-28-23)25(36)29-21-9-15(6-7-18(21)26)19-10-16(24(35)33-32-19)8-17-11-20(31-30-17)14-4-5-14/h6-7,9-14H,3-5,8H2,1-2H3,(H,29,36)(H,30,31)(H,33,35). The van der Waals surface area contributed by atoms with Crippen LogP contribution in [0.4, 0.5) is 15.9 Å². The lowest BCUT2D eigenvalue weighted by Gasteiger charge is -2.14. The first kappa shape index (κ1) is 23.3. The number of benzene rings is 1. The quantitative estimate of drug-likeness (QED) is 0.347. The van der Waals surface area contributed by atoms with Crippen molar-refractivity contribution in [2.75, 3.05) is 23.8 Å². The number of rotatable bonds is 8. The number of aromatic amines is 2. The fourth-order valence-electron chi connectivity index (χ4n) is 3.75. The van der Waals surface area contributed by atoms with E-state index in [0.29, 0.717) is 35.0 Å². The van der Waals surface area contributed by atoms with Gasteiger partial charge in [-0.1, -0.05) is 0 Å². The van der Waals surface area contributed by atoms with E-state index in [9.17, 15) is 14.0 Å². The lowest BCUT2D eigenvalue weighted by Crippen LogP contribution is -2.19. The van der Waals surface area contributed by atoms with Crippen molar-refractivity contribution in [3.63, 3.8) is 0 Å². The Bertz CT molecular complexity index is 1460. The third-order valence-corrected chi connectivity index (χ3v) is 6.15. The van der Waals surface area contributed by atoms with Gasteiger partial charge in [0, 0.05) is 42.8 Å². The summed E-state index contributed by atoms with van der Waals surface area (Å²) >= 11 is 0. The van der Waals surface area contributed by atoms with Gasteiger partial charge < -0.3 is 10.2 Å². The van der Waals surface area contributed by atoms with Crippen molar-refractivity contribution in [3.8, 4) is 11.3 Å². The Morgan fingerprint density at radius 2 is 1.97 bits per heavy atom. The SMILES string of the molecule is CCN(C)c1cnc(C(=O)Nc2cc(-c3cc(Cc4cc(C5CC5)n[nH]4)c(=O)[nH]n3)ccc2F)cn1. The topological polar surface area (TPSA) is 133 Å². The van der Waals surface area contributed by atoms with E-state index >= 15 is 0 Å². The van der Waals surface area contributed by atoms with Crippen LogP contribution in [-0.4, -0.2) is 49.9 Å². The second kappa shape index (κ2) is 9.68. The predicted molar refractivity (Wildman–Crippen MR) is 133 cm³/mol. The van der Waals surface area contributed by atoms with Gasteiger partial charge in [0.2, 0.25) is 0 Å². The second-order valence-electron chi connectivity index (χ2n) is 8.80. The average molecular weight is 489 g/mol. The van der Waals surface area contributed by atoms with Gasteiger partial charge in [-0.2, -0.15) is 10.2 Å². The number of halogens is 1. The first-order valence-corrected chi connectivity index (χ1v) is 11.7. The van der Waals surface area contributed by atoms with Crippen molar-refractivity contribution in [2.45, 2.75) is 32.1 Å². The summed E-state index contributed by atoms with van der Waals surface area (Å²) in [6.45, 7) is 2.71. The van der Waals surface area contributed by atoms with Crippen LogP contribution in [0, 0.1) is 5.82 Å². The summed E-state index contributed by atoms with van der Waals surface area (Å²) in [5.41, 5.74) is 3.03. The van der Waals surface area contributed by atoms with E-state index in [-0.39, 0.29) is 16.9 Å². The molecule has 0 bridgehead atoms. The summed E-state index contributed by atoms with van der Waals surface area (Å²) in [5, 5.41) is 16.5. The zero-order chi connectivity index (χ0) is 25.2. The summed E-state index contributed by atoms with van der Waals surface area (Å²) in [6, 6.07) is 7.87. The molecule has 3 N–H and O–H groups in total. The van der Waals surface area contributed by atoms with E-state index in [4.69, 9.17) is 0 Å². The van der Waals surface area contributed by atoms with Crippen LogP contribution in [0.1, 0.15) is 53.1 Å². The number of hydrogen-bond acceptors (Lipinski definition) is 7. The van der Waals surface area contributed by atoms with Crippen molar-refractivity contribution < 1.29 is 9.18 Å². The molecule has 1 amide bonds. The molecule has 0 unspecified atom stereocenters. The maximum absolute atomic E-state index is 14.5. The minimum atomic E-state index is -0.614. The first-order valence-electron chi connectivity index (χ1n) is 11.7. The normalized spacial score (nSPS) is 13.0. The highest BCUT2D eigenvalue weighted by molar-refractivity contribution is 6.03. The van der Waals surface area contributed by atoms with Crippen LogP contribution in [0.5, 0.6) is 0 Å². The molecular formula is C25H25FN8O2. The van der Waals surface area contributed by atoms with Crippen LogP contribution in [-0.2, 0) is 6.42 Å². The van der Waals surface area contributed by atoms with Crippen LogP contribution in [0.2, 0.25) is 0 Å². The fraction of sp³-hybridized carbons (Fsp3) is 0.280. The molecule has 4 aromatic rings. The number of H-pyrrole nitrogens is 2. The van der Waals surface area contributed by atoms with Gasteiger partial charge in [0.1, 0.15) is 17.3 Å². The number of nitrogens with one attached hydrogen (secondary N) is 3. The highest BCUT2D eigenvalue weighted by Crippen LogP contribution is 2.39. The number of carbonyl (C=O) groups excluding carboxylic acids is 1. The van der Waals surface area contributed by atoms with E-state index in [1.807, 2.05) is 24.9 Å². The highest BCUT2D eigenvalue weighted by Gasteiger charge is 2.26. The van der Waals surface area contributed by atoms with Gasteiger partial charge in [-0.05, 0) is 50.1 Å². The summed E-state index contributed by atoms with van der Waals surface area (Å²) < 4.78 is 14.5. The van der Waals surface area contributed by atoms with E-state index in [1.54, 1.807) is 6.07 Å². The number of amides is 1. The Kier molecular flexibility index (Phi) is 6.28. The Morgan fingerprint density at radius 1 is 1.14 bits per heavy atom. The molecule has 3 heterocycles. The molecule has 10 nitrogen and oxygen atoms in total. The molecule has 1 fully saturated rings. The maximum Gasteiger partial charge on any atom is 0.275 e. The van der Waals surface area contributed by atoms with Gasteiger partial charge in [0.05, 0.1) is 29.5 Å². The third-order valence-electron chi connectivity index (χ3n) is 6.15. The minimum Gasteiger partial charge on any atom is -0.359 e. The molecule has 1 saturated carbocycles. The van der Waals surface area contributed by atoms with Gasteiger partial charge in [-0.25, -0.2) is 19.5 Å². The lowest BCUT2D eigenvalue weighted by molar-refractivity contribution is 0.102. The lowest BCUT2D eigenvalue weighted by atomic mass is 10.1. The largest absolute Gasteiger partial charge is 0.359 e. The van der Waals surface area contributed by atoms with Crippen LogP contribution in [0.3, 0.4) is 0 Å². The van der Waals surface area contributed by atoms with Crippen LogP contribution < -0.4 is 15.8 Å². The van der Waals surface area contributed by atoms with Crippen molar-refractivity contribution in [2.24, 2.45) is 0 Å². The van der Waals surface area contributed by atoms with E-state index in [2.05, 4.69) is 35.7 Å². The van der Waals surface area contributed by atoms with Gasteiger partial charge in [0.15, 0.2) is 0 Å². The van der Waals surface area contributed by atoms with Crippen LogP contribution in [0.15, 0.2) is 47.5 Å². The summed E-state index contributed by atoms with van der Waals surface area (Å²) in [5.74, 6) is -0.0704.